The minimum atomic E-state index is 0.756. The van der Waals surface area contributed by atoms with Crippen LogP contribution in [0.4, 0.5) is 5.69 Å². The number of methoxy groups -OCH3 is 2. The average Bonchev–Trinajstić information content (AvgIpc) is 2.74. The van der Waals surface area contributed by atoms with Crippen LogP contribution in [0.1, 0.15) is 0 Å². The van der Waals surface area contributed by atoms with Gasteiger partial charge in [-0.3, -0.25) is 0 Å². The predicted molar refractivity (Wildman–Crippen MR) is 62.2 cm³/mol. The Morgan fingerprint density at radius 1 is 1.06 bits per heavy atom. The summed E-state index contributed by atoms with van der Waals surface area (Å²) in [5, 5.41) is 0. The molecule has 1 aromatic carbocycles. The number of rotatable bonds is 3. The molecule has 1 aliphatic rings. The lowest BCUT2D eigenvalue weighted by atomic mass is 10.2. The molecule has 0 aromatic heterocycles. The van der Waals surface area contributed by atoms with Gasteiger partial charge in [0.1, 0.15) is 17.2 Å². The molecule has 1 aromatic rings. The summed E-state index contributed by atoms with van der Waals surface area (Å²) in [6.07, 6.45) is 3.81. The molecule has 0 N–H and O–H groups in total. The summed E-state index contributed by atoms with van der Waals surface area (Å²) in [6, 6.07) is 5.68. The molecule has 0 unspecified atom stereocenters. The third-order valence-corrected chi connectivity index (χ3v) is 2.35. The molecule has 2 rings (SSSR count). The zero-order valence-corrected chi connectivity index (χ0v) is 9.60. The van der Waals surface area contributed by atoms with Crippen LogP contribution in [-0.4, -0.2) is 26.2 Å². The highest BCUT2D eigenvalue weighted by Gasteiger charge is 2.20. The number of hydrogen-bond donors (Lipinski definition) is 0. The molecule has 0 spiro atoms. The predicted octanol–water partition coefficient (Wildman–Crippen LogP) is 1.92. The molecular formula is C12H14N2O2. The van der Waals surface area contributed by atoms with Crippen LogP contribution in [0.5, 0.6) is 11.5 Å². The van der Waals surface area contributed by atoms with Crippen LogP contribution in [0.2, 0.25) is 0 Å². The number of ether oxygens (including phenoxy) is 2. The molecule has 2 radical (unpaired) electrons. The third kappa shape index (κ3) is 1.78. The van der Waals surface area contributed by atoms with Gasteiger partial charge >= 0.3 is 0 Å². The van der Waals surface area contributed by atoms with Gasteiger partial charge in [0, 0.05) is 19.4 Å². The van der Waals surface area contributed by atoms with Crippen molar-refractivity contribution in [3.05, 3.63) is 37.3 Å². The quantitative estimate of drug-likeness (QED) is 0.774. The lowest BCUT2D eigenvalue weighted by molar-refractivity contribution is 0.395. The van der Waals surface area contributed by atoms with Crippen LogP contribution in [0, 0.1) is 6.67 Å². The van der Waals surface area contributed by atoms with Gasteiger partial charge in [-0.1, -0.05) is 6.07 Å². The second-order valence-electron chi connectivity index (χ2n) is 3.39. The standard InChI is InChI=1S/C12H14N2O2/c1-13-7-8-14(9-13)12-10(15-2)5-4-6-11(12)16-3/h4-8H,1-3H3. The third-order valence-electron chi connectivity index (χ3n) is 2.35. The normalized spacial score (nSPS) is 14.4. The Kier molecular flexibility index (Phi) is 2.90. The van der Waals surface area contributed by atoms with Gasteiger partial charge in [0.2, 0.25) is 6.67 Å². The first-order valence-electron chi connectivity index (χ1n) is 4.94. The maximum absolute atomic E-state index is 5.32. The Morgan fingerprint density at radius 2 is 1.69 bits per heavy atom. The van der Waals surface area contributed by atoms with Crippen molar-refractivity contribution in [3.8, 4) is 11.5 Å². The smallest absolute Gasteiger partial charge is 0.212 e. The van der Waals surface area contributed by atoms with Crippen molar-refractivity contribution in [1.29, 1.82) is 0 Å². The number of para-hydroxylation sites is 1. The van der Waals surface area contributed by atoms with Crippen molar-refractivity contribution in [3.63, 3.8) is 0 Å². The van der Waals surface area contributed by atoms with Gasteiger partial charge in [-0.2, -0.15) is 0 Å². The summed E-state index contributed by atoms with van der Waals surface area (Å²) in [4.78, 5) is 3.68. The second kappa shape index (κ2) is 4.35. The monoisotopic (exact) mass is 218 g/mol. The van der Waals surface area contributed by atoms with Crippen molar-refractivity contribution in [2.75, 3.05) is 26.2 Å². The summed E-state index contributed by atoms with van der Waals surface area (Å²) in [7, 11) is 5.20. The van der Waals surface area contributed by atoms with Gasteiger partial charge < -0.3 is 19.3 Å². The molecule has 1 aliphatic heterocycles. The van der Waals surface area contributed by atoms with Crippen molar-refractivity contribution < 1.29 is 9.47 Å². The maximum Gasteiger partial charge on any atom is 0.212 e. The van der Waals surface area contributed by atoms with Crippen LogP contribution in [0.3, 0.4) is 0 Å². The molecule has 0 atom stereocenters. The van der Waals surface area contributed by atoms with Crippen LogP contribution < -0.4 is 14.4 Å². The zero-order chi connectivity index (χ0) is 11.5. The minimum absolute atomic E-state index is 0.756. The summed E-state index contributed by atoms with van der Waals surface area (Å²) >= 11 is 0. The van der Waals surface area contributed by atoms with Gasteiger partial charge in [0.25, 0.3) is 0 Å². The molecule has 0 saturated carbocycles. The summed E-state index contributed by atoms with van der Waals surface area (Å²) in [5.41, 5.74) is 0.855. The topological polar surface area (TPSA) is 24.9 Å². The molecule has 1 heterocycles. The molecule has 0 aliphatic carbocycles. The Hall–Kier alpha value is -1.84. The van der Waals surface area contributed by atoms with E-state index in [2.05, 4.69) is 6.67 Å². The molecule has 0 bridgehead atoms. The summed E-state index contributed by atoms with van der Waals surface area (Å²) in [6.45, 7) is 3.12. The minimum Gasteiger partial charge on any atom is -0.494 e. The number of benzene rings is 1. The first-order valence-corrected chi connectivity index (χ1v) is 4.94. The van der Waals surface area contributed by atoms with E-state index < -0.39 is 0 Å². The fourth-order valence-corrected chi connectivity index (χ4v) is 1.60. The van der Waals surface area contributed by atoms with Gasteiger partial charge in [0.15, 0.2) is 0 Å². The van der Waals surface area contributed by atoms with E-state index in [1.54, 1.807) is 14.2 Å². The zero-order valence-electron chi connectivity index (χ0n) is 9.60. The summed E-state index contributed by atoms with van der Waals surface area (Å²) < 4.78 is 10.6. The first-order chi connectivity index (χ1) is 7.76. The van der Waals surface area contributed by atoms with E-state index >= 15 is 0 Å². The average molecular weight is 218 g/mol. The van der Waals surface area contributed by atoms with E-state index in [0.29, 0.717) is 0 Å². The molecule has 4 heteroatoms. The van der Waals surface area contributed by atoms with E-state index in [0.717, 1.165) is 17.2 Å². The number of nitrogens with zero attached hydrogens (tertiary/aromatic N) is 2. The van der Waals surface area contributed by atoms with Crippen molar-refractivity contribution in [1.82, 2.24) is 4.90 Å². The summed E-state index contributed by atoms with van der Waals surface area (Å²) in [5.74, 6) is 1.51. The maximum atomic E-state index is 5.32. The highest BCUT2D eigenvalue weighted by Crippen LogP contribution is 2.39. The van der Waals surface area contributed by atoms with E-state index in [-0.39, 0.29) is 0 Å². The van der Waals surface area contributed by atoms with Gasteiger partial charge in [-0.25, -0.2) is 0 Å². The fraction of sp³-hybridized carbons (Fsp3) is 0.250. The van der Waals surface area contributed by atoms with Crippen molar-refractivity contribution >= 4 is 5.69 Å². The van der Waals surface area contributed by atoms with Gasteiger partial charge in [-0.05, 0) is 12.1 Å². The van der Waals surface area contributed by atoms with E-state index in [9.17, 15) is 0 Å². The molecule has 4 nitrogen and oxygen atoms in total. The number of anilines is 1. The van der Waals surface area contributed by atoms with Gasteiger partial charge in [-0.15, -0.1) is 0 Å². The molecule has 16 heavy (non-hydrogen) atoms. The lowest BCUT2D eigenvalue weighted by Crippen LogP contribution is -2.16. The van der Waals surface area contributed by atoms with E-state index in [1.165, 1.54) is 0 Å². The lowest BCUT2D eigenvalue weighted by Gasteiger charge is -2.21. The van der Waals surface area contributed by atoms with E-state index in [1.807, 2.05) is 47.4 Å². The van der Waals surface area contributed by atoms with Crippen molar-refractivity contribution in [2.24, 2.45) is 0 Å². The molecule has 84 valence electrons. The fourth-order valence-electron chi connectivity index (χ4n) is 1.60. The SMILES string of the molecule is COc1cccc(OC)c1N1[C]N(C)C=C1. The Morgan fingerprint density at radius 3 is 2.12 bits per heavy atom. The Balaban J connectivity index is 2.41. The molecule has 0 fully saturated rings. The van der Waals surface area contributed by atoms with Crippen LogP contribution in [0.15, 0.2) is 30.6 Å². The second-order valence-corrected chi connectivity index (χ2v) is 3.39. The van der Waals surface area contributed by atoms with Crippen LogP contribution in [-0.2, 0) is 0 Å². The Labute approximate surface area is 95.7 Å². The van der Waals surface area contributed by atoms with Crippen molar-refractivity contribution in [2.45, 2.75) is 0 Å². The van der Waals surface area contributed by atoms with Gasteiger partial charge in [0.05, 0.1) is 14.2 Å². The van der Waals surface area contributed by atoms with Crippen LogP contribution >= 0.6 is 0 Å². The molecule has 0 saturated heterocycles. The first kappa shape index (κ1) is 10.7. The molecule has 0 amide bonds. The largest absolute Gasteiger partial charge is 0.494 e. The van der Waals surface area contributed by atoms with E-state index in [4.69, 9.17) is 9.47 Å². The molecular weight excluding hydrogens is 204 g/mol. The number of hydrogen-bond acceptors (Lipinski definition) is 4. The highest BCUT2D eigenvalue weighted by molar-refractivity contribution is 5.70. The Bertz CT molecular complexity index is 382. The van der Waals surface area contributed by atoms with Crippen LogP contribution in [0.25, 0.3) is 0 Å². The highest BCUT2D eigenvalue weighted by atomic mass is 16.5.